The van der Waals surface area contributed by atoms with Gasteiger partial charge in [0.05, 0.1) is 17.5 Å². The number of amidine groups is 1. The summed E-state index contributed by atoms with van der Waals surface area (Å²) < 4.78 is 33.3. The smallest absolute Gasteiger partial charge is 0.282 e. The zero-order chi connectivity index (χ0) is 13.9. The molecule has 0 spiro atoms. The number of sulfone groups is 1. The van der Waals surface area contributed by atoms with Gasteiger partial charge in [-0.3, -0.25) is 0 Å². The van der Waals surface area contributed by atoms with Crippen LogP contribution in [-0.4, -0.2) is 40.0 Å². The van der Waals surface area contributed by atoms with Crippen molar-refractivity contribution in [2.24, 2.45) is 10.7 Å². The highest BCUT2D eigenvalue weighted by atomic mass is 32.2. The topological polar surface area (TPSA) is 91.0 Å². The predicted molar refractivity (Wildman–Crippen MR) is 71.0 cm³/mol. The summed E-state index contributed by atoms with van der Waals surface area (Å²) >= 11 is 0. The fraction of sp³-hybridized carbons (Fsp3) is 0.417. The van der Waals surface area contributed by atoms with Gasteiger partial charge >= 0.3 is 0 Å². The third-order valence-electron chi connectivity index (χ3n) is 2.69. The second-order valence-electron chi connectivity index (χ2n) is 4.32. The van der Waals surface area contributed by atoms with Crippen molar-refractivity contribution < 1.29 is 17.9 Å². The van der Waals surface area contributed by atoms with Crippen molar-refractivity contribution in [3.05, 3.63) is 24.3 Å². The molecule has 0 aliphatic carbocycles. The third-order valence-corrected chi connectivity index (χ3v) is 3.80. The van der Waals surface area contributed by atoms with Gasteiger partial charge in [0.2, 0.25) is 0 Å². The standard InChI is InChI=1S/C12H16N2O4S/c1-19(15,16)11-4-2-3-10(7-11)17-6-5-9-8-18-12(13)14-9/h2-4,7,9H,5-6,8H2,1H3,(H2,13,14). The number of nitrogens with two attached hydrogens (primary N) is 1. The lowest BCUT2D eigenvalue weighted by atomic mass is 10.2. The number of nitrogens with zero attached hydrogens (tertiary/aromatic N) is 1. The van der Waals surface area contributed by atoms with E-state index in [4.69, 9.17) is 15.2 Å². The Morgan fingerprint density at radius 1 is 1.53 bits per heavy atom. The van der Waals surface area contributed by atoms with Gasteiger partial charge in [0.15, 0.2) is 9.84 Å². The van der Waals surface area contributed by atoms with Crippen LogP contribution in [0, 0.1) is 0 Å². The maximum atomic E-state index is 11.4. The molecule has 0 radical (unpaired) electrons. The van der Waals surface area contributed by atoms with E-state index in [0.29, 0.717) is 25.4 Å². The van der Waals surface area contributed by atoms with Gasteiger partial charge in [0.1, 0.15) is 12.4 Å². The van der Waals surface area contributed by atoms with Gasteiger partial charge in [-0.1, -0.05) is 6.07 Å². The van der Waals surface area contributed by atoms with Gasteiger partial charge in [0.25, 0.3) is 6.02 Å². The van der Waals surface area contributed by atoms with Gasteiger partial charge in [-0.05, 0) is 18.2 Å². The second kappa shape index (κ2) is 5.48. The zero-order valence-corrected chi connectivity index (χ0v) is 11.4. The SMILES string of the molecule is CS(=O)(=O)c1cccc(OCCC2COC(N)=N2)c1. The first-order chi connectivity index (χ1) is 8.95. The summed E-state index contributed by atoms with van der Waals surface area (Å²) in [7, 11) is -3.21. The third kappa shape index (κ3) is 3.85. The van der Waals surface area contributed by atoms with E-state index >= 15 is 0 Å². The molecule has 1 unspecified atom stereocenters. The van der Waals surface area contributed by atoms with Crippen LogP contribution in [-0.2, 0) is 14.6 Å². The molecule has 1 aliphatic heterocycles. The van der Waals surface area contributed by atoms with Crippen LogP contribution < -0.4 is 10.5 Å². The Morgan fingerprint density at radius 3 is 2.95 bits per heavy atom. The Morgan fingerprint density at radius 2 is 2.32 bits per heavy atom. The molecular formula is C12H16N2O4S. The molecule has 1 heterocycles. The summed E-state index contributed by atoms with van der Waals surface area (Å²) in [6.45, 7) is 0.899. The van der Waals surface area contributed by atoms with Crippen LogP contribution in [0.2, 0.25) is 0 Å². The van der Waals surface area contributed by atoms with Crippen molar-refractivity contribution in [2.45, 2.75) is 17.4 Å². The van der Waals surface area contributed by atoms with Crippen LogP contribution >= 0.6 is 0 Å². The normalized spacial score (nSPS) is 18.8. The van der Waals surface area contributed by atoms with Gasteiger partial charge < -0.3 is 15.2 Å². The molecule has 1 atom stereocenters. The van der Waals surface area contributed by atoms with Crippen LogP contribution in [0.3, 0.4) is 0 Å². The average Bonchev–Trinajstić information content (AvgIpc) is 2.74. The minimum atomic E-state index is -3.21. The van der Waals surface area contributed by atoms with Gasteiger partial charge in [0, 0.05) is 12.7 Å². The highest BCUT2D eigenvalue weighted by Gasteiger charge is 2.16. The van der Waals surface area contributed by atoms with Gasteiger partial charge in [-0.15, -0.1) is 0 Å². The maximum absolute atomic E-state index is 11.4. The molecule has 2 rings (SSSR count). The van der Waals surface area contributed by atoms with E-state index in [0.717, 1.165) is 0 Å². The molecule has 0 bridgehead atoms. The summed E-state index contributed by atoms with van der Waals surface area (Å²) in [6.07, 6.45) is 1.84. The lowest BCUT2D eigenvalue weighted by molar-refractivity contribution is 0.263. The van der Waals surface area contributed by atoms with E-state index in [1.807, 2.05) is 0 Å². The molecule has 0 saturated heterocycles. The largest absolute Gasteiger partial charge is 0.493 e. The highest BCUT2D eigenvalue weighted by molar-refractivity contribution is 7.90. The van der Waals surface area contributed by atoms with E-state index in [2.05, 4.69) is 4.99 Å². The first kappa shape index (κ1) is 13.7. The van der Waals surface area contributed by atoms with Crippen LogP contribution in [0.4, 0.5) is 0 Å². The number of hydrogen-bond donors (Lipinski definition) is 1. The van der Waals surface area contributed by atoms with Crippen LogP contribution in [0.1, 0.15) is 6.42 Å². The lowest BCUT2D eigenvalue weighted by Gasteiger charge is -2.09. The monoisotopic (exact) mass is 284 g/mol. The van der Waals surface area contributed by atoms with Crippen molar-refractivity contribution in [1.82, 2.24) is 0 Å². The first-order valence-corrected chi connectivity index (χ1v) is 7.73. The van der Waals surface area contributed by atoms with Crippen molar-refractivity contribution >= 4 is 15.9 Å². The minimum Gasteiger partial charge on any atom is -0.493 e. The fourth-order valence-electron chi connectivity index (χ4n) is 1.69. The second-order valence-corrected chi connectivity index (χ2v) is 6.33. The molecule has 0 saturated carbocycles. The van der Waals surface area contributed by atoms with E-state index < -0.39 is 9.84 Å². The Labute approximate surface area is 112 Å². The van der Waals surface area contributed by atoms with E-state index in [9.17, 15) is 8.42 Å². The van der Waals surface area contributed by atoms with Crippen molar-refractivity contribution in [1.29, 1.82) is 0 Å². The number of ether oxygens (including phenoxy) is 2. The summed E-state index contributed by atoms with van der Waals surface area (Å²) in [6, 6.07) is 6.65. The predicted octanol–water partition coefficient (Wildman–Crippen LogP) is 0.573. The molecule has 7 heteroatoms. The van der Waals surface area contributed by atoms with Crippen molar-refractivity contribution in [3.63, 3.8) is 0 Å². The Bertz CT molecular complexity index is 583. The van der Waals surface area contributed by atoms with Gasteiger partial charge in [-0.2, -0.15) is 0 Å². The first-order valence-electron chi connectivity index (χ1n) is 5.84. The molecule has 1 aromatic carbocycles. The number of hydrogen-bond acceptors (Lipinski definition) is 6. The molecule has 0 amide bonds. The molecule has 2 N–H and O–H groups in total. The summed E-state index contributed by atoms with van der Waals surface area (Å²) in [4.78, 5) is 4.32. The summed E-state index contributed by atoms with van der Waals surface area (Å²) in [5.74, 6) is 0.527. The van der Waals surface area contributed by atoms with E-state index in [1.165, 1.54) is 18.4 Å². The van der Waals surface area contributed by atoms with Crippen LogP contribution in [0.5, 0.6) is 5.75 Å². The Kier molecular flexibility index (Phi) is 3.94. The zero-order valence-electron chi connectivity index (χ0n) is 10.6. The molecular weight excluding hydrogens is 268 g/mol. The minimum absolute atomic E-state index is 0.0121. The van der Waals surface area contributed by atoms with Crippen LogP contribution in [0.15, 0.2) is 34.2 Å². The molecule has 0 fully saturated rings. The van der Waals surface area contributed by atoms with Gasteiger partial charge in [-0.25, -0.2) is 13.4 Å². The van der Waals surface area contributed by atoms with Crippen LogP contribution in [0.25, 0.3) is 0 Å². The Hall–Kier alpha value is -1.76. The van der Waals surface area contributed by atoms with Crippen molar-refractivity contribution in [2.75, 3.05) is 19.5 Å². The number of aliphatic imine (C=N–C) groups is 1. The molecule has 104 valence electrons. The number of rotatable bonds is 5. The van der Waals surface area contributed by atoms with E-state index in [1.54, 1.807) is 12.1 Å². The summed E-state index contributed by atoms with van der Waals surface area (Å²) in [5.41, 5.74) is 5.40. The molecule has 0 aromatic heterocycles. The maximum Gasteiger partial charge on any atom is 0.282 e. The van der Waals surface area contributed by atoms with E-state index in [-0.39, 0.29) is 17.0 Å². The molecule has 19 heavy (non-hydrogen) atoms. The molecule has 1 aromatic rings. The number of benzene rings is 1. The lowest BCUT2D eigenvalue weighted by Crippen LogP contribution is -2.12. The average molecular weight is 284 g/mol. The molecule has 1 aliphatic rings. The molecule has 6 nitrogen and oxygen atoms in total. The fourth-order valence-corrected chi connectivity index (χ4v) is 2.35. The quantitative estimate of drug-likeness (QED) is 0.853. The Balaban J connectivity index is 1.90. The van der Waals surface area contributed by atoms with Crippen molar-refractivity contribution in [3.8, 4) is 5.75 Å². The summed E-state index contributed by atoms with van der Waals surface area (Å²) in [5, 5.41) is 0. The highest BCUT2D eigenvalue weighted by Crippen LogP contribution is 2.18.